The number of anilines is 1. The number of carbonyl (C=O) groups excluding carboxylic acids is 1. The zero-order chi connectivity index (χ0) is 15.2. The Labute approximate surface area is 139 Å². The molecule has 112 valence electrons. The van der Waals surface area contributed by atoms with Crippen LogP contribution in [0.4, 0.5) is 5.69 Å². The quantitative estimate of drug-likeness (QED) is 0.795. The first-order valence-electron chi connectivity index (χ1n) is 7.26. The Morgan fingerprint density at radius 3 is 2.81 bits per heavy atom. The van der Waals surface area contributed by atoms with Gasteiger partial charge in [-0.25, -0.2) is 0 Å². The first-order chi connectivity index (χ1) is 10.1. The van der Waals surface area contributed by atoms with E-state index < -0.39 is 0 Å². The van der Waals surface area contributed by atoms with Crippen molar-refractivity contribution in [2.75, 3.05) is 25.0 Å². The van der Waals surface area contributed by atoms with Gasteiger partial charge in [0, 0.05) is 28.1 Å². The van der Waals surface area contributed by atoms with Crippen molar-refractivity contribution in [2.24, 2.45) is 5.92 Å². The Bertz CT molecular complexity index is 545. The summed E-state index contributed by atoms with van der Waals surface area (Å²) >= 11 is 2.27. The minimum absolute atomic E-state index is 0.0852. The third kappa shape index (κ3) is 4.68. The van der Waals surface area contributed by atoms with Gasteiger partial charge in [-0.3, -0.25) is 4.79 Å². The van der Waals surface area contributed by atoms with Crippen LogP contribution in [-0.2, 0) is 4.79 Å². The summed E-state index contributed by atoms with van der Waals surface area (Å²) in [5.41, 5.74) is 2.01. The molecule has 0 atom stereocenters. The largest absolute Gasteiger partial charge is 0.326 e. The summed E-state index contributed by atoms with van der Waals surface area (Å²) < 4.78 is 1.17. The number of rotatable bonds is 4. The van der Waals surface area contributed by atoms with Crippen LogP contribution in [0.15, 0.2) is 18.2 Å². The molecule has 1 aromatic carbocycles. The predicted molar refractivity (Wildman–Crippen MR) is 91.9 cm³/mol. The van der Waals surface area contributed by atoms with Gasteiger partial charge in [0.25, 0.3) is 0 Å². The number of nitrogens with one attached hydrogen (secondary N) is 1. The molecule has 0 spiro atoms. The molecule has 1 fully saturated rings. The molecule has 1 amide bonds. The molecule has 1 aromatic rings. The lowest BCUT2D eigenvalue weighted by atomic mass is 9.95. The molecule has 1 aliphatic rings. The van der Waals surface area contributed by atoms with Crippen molar-refractivity contribution in [3.8, 4) is 6.07 Å². The van der Waals surface area contributed by atoms with Gasteiger partial charge >= 0.3 is 0 Å². The highest BCUT2D eigenvalue weighted by Crippen LogP contribution is 2.22. The fourth-order valence-corrected chi connectivity index (χ4v) is 3.28. The molecule has 2 rings (SSSR count). The second-order valence-electron chi connectivity index (χ2n) is 5.47. The zero-order valence-electron chi connectivity index (χ0n) is 12.2. The zero-order valence-corrected chi connectivity index (χ0v) is 14.4. The van der Waals surface area contributed by atoms with Crippen LogP contribution >= 0.6 is 22.6 Å². The molecule has 21 heavy (non-hydrogen) atoms. The molecule has 4 nitrogen and oxygen atoms in total. The molecule has 0 aromatic heterocycles. The molecule has 1 saturated heterocycles. The molecule has 0 aliphatic carbocycles. The highest BCUT2D eigenvalue weighted by molar-refractivity contribution is 14.1. The molecule has 5 heteroatoms. The summed E-state index contributed by atoms with van der Waals surface area (Å²) in [4.78, 5) is 14.6. The van der Waals surface area contributed by atoms with Crippen LogP contribution in [0.5, 0.6) is 0 Å². The van der Waals surface area contributed by atoms with Crippen molar-refractivity contribution < 1.29 is 4.79 Å². The van der Waals surface area contributed by atoms with Crippen LogP contribution in [-0.4, -0.2) is 30.4 Å². The smallest absolute Gasteiger partial charge is 0.227 e. The monoisotopic (exact) mass is 397 g/mol. The Hall–Kier alpha value is -1.13. The summed E-state index contributed by atoms with van der Waals surface area (Å²) in [6.07, 6.45) is 2.32. The Morgan fingerprint density at radius 2 is 2.19 bits per heavy atom. The number of aryl methyl sites for hydroxylation is 1. The van der Waals surface area contributed by atoms with Gasteiger partial charge < -0.3 is 10.2 Å². The number of nitriles is 1. The SMILES string of the molecule is Cc1cc(I)ccc1NC(=O)C1CCN(CCC#N)CC1. The van der Waals surface area contributed by atoms with Gasteiger partial charge in [0.1, 0.15) is 0 Å². The number of benzene rings is 1. The number of halogens is 1. The second-order valence-corrected chi connectivity index (χ2v) is 6.72. The van der Waals surface area contributed by atoms with E-state index in [4.69, 9.17) is 5.26 Å². The number of nitrogens with zero attached hydrogens (tertiary/aromatic N) is 2. The molecular formula is C16H20IN3O. The number of amides is 1. The molecule has 0 radical (unpaired) electrons. The van der Waals surface area contributed by atoms with Gasteiger partial charge in [0.2, 0.25) is 5.91 Å². The van der Waals surface area contributed by atoms with Gasteiger partial charge in [-0.1, -0.05) is 0 Å². The van der Waals surface area contributed by atoms with Gasteiger partial charge in [-0.05, 0) is 79.2 Å². The first kappa shape index (κ1) is 16.2. The number of carbonyl (C=O) groups is 1. The van der Waals surface area contributed by atoms with Crippen LogP contribution in [0.3, 0.4) is 0 Å². The summed E-state index contributed by atoms with van der Waals surface area (Å²) in [7, 11) is 0. The van der Waals surface area contributed by atoms with Crippen LogP contribution in [0.1, 0.15) is 24.8 Å². The van der Waals surface area contributed by atoms with E-state index in [1.807, 2.05) is 19.1 Å². The molecule has 1 N–H and O–H groups in total. The minimum atomic E-state index is 0.0852. The molecule has 1 aliphatic heterocycles. The summed E-state index contributed by atoms with van der Waals surface area (Å²) in [5.74, 6) is 0.209. The predicted octanol–water partition coefficient (Wildman–Crippen LogP) is 3.16. The number of hydrogen-bond donors (Lipinski definition) is 1. The Morgan fingerprint density at radius 1 is 1.48 bits per heavy atom. The maximum absolute atomic E-state index is 12.3. The van der Waals surface area contributed by atoms with E-state index >= 15 is 0 Å². The highest BCUT2D eigenvalue weighted by atomic mass is 127. The van der Waals surface area contributed by atoms with E-state index in [-0.39, 0.29) is 11.8 Å². The van der Waals surface area contributed by atoms with Crippen molar-refractivity contribution in [1.82, 2.24) is 4.90 Å². The van der Waals surface area contributed by atoms with Crippen LogP contribution in [0.2, 0.25) is 0 Å². The third-order valence-corrected chi connectivity index (χ3v) is 4.62. The maximum Gasteiger partial charge on any atom is 0.227 e. The van der Waals surface area contributed by atoms with E-state index in [0.717, 1.165) is 43.7 Å². The van der Waals surface area contributed by atoms with Gasteiger partial charge in [0.05, 0.1) is 6.07 Å². The highest BCUT2D eigenvalue weighted by Gasteiger charge is 2.24. The lowest BCUT2D eigenvalue weighted by molar-refractivity contribution is -0.121. The van der Waals surface area contributed by atoms with Crippen molar-refractivity contribution in [3.05, 3.63) is 27.3 Å². The van der Waals surface area contributed by atoms with E-state index in [0.29, 0.717) is 6.42 Å². The van der Waals surface area contributed by atoms with Gasteiger partial charge in [-0.15, -0.1) is 0 Å². The van der Waals surface area contributed by atoms with Crippen molar-refractivity contribution in [1.29, 1.82) is 5.26 Å². The summed E-state index contributed by atoms with van der Waals surface area (Å²) in [6, 6.07) is 8.22. The Kier molecular flexibility index (Phi) is 6.00. The van der Waals surface area contributed by atoms with Gasteiger partial charge in [-0.2, -0.15) is 5.26 Å². The molecule has 1 heterocycles. The molecule has 0 saturated carbocycles. The number of likely N-dealkylation sites (tertiary alicyclic amines) is 1. The fourth-order valence-electron chi connectivity index (χ4n) is 2.63. The van der Waals surface area contributed by atoms with E-state index in [9.17, 15) is 4.79 Å². The first-order valence-corrected chi connectivity index (χ1v) is 8.34. The van der Waals surface area contributed by atoms with Crippen molar-refractivity contribution in [3.63, 3.8) is 0 Å². The molecule has 0 unspecified atom stereocenters. The van der Waals surface area contributed by atoms with E-state index in [1.165, 1.54) is 3.57 Å². The molecule has 0 bridgehead atoms. The summed E-state index contributed by atoms with van der Waals surface area (Å²) in [6.45, 7) is 4.65. The second kappa shape index (κ2) is 7.76. The van der Waals surface area contributed by atoms with Crippen LogP contribution in [0, 0.1) is 27.7 Å². The summed E-state index contributed by atoms with van der Waals surface area (Å²) in [5, 5.41) is 11.7. The van der Waals surface area contributed by atoms with Crippen LogP contribution < -0.4 is 5.32 Å². The number of piperidine rings is 1. The van der Waals surface area contributed by atoms with Crippen molar-refractivity contribution >= 4 is 34.2 Å². The van der Waals surface area contributed by atoms with Crippen molar-refractivity contribution in [2.45, 2.75) is 26.2 Å². The van der Waals surface area contributed by atoms with E-state index in [2.05, 4.69) is 44.9 Å². The average Bonchev–Trinajstić information content (AvgIpc) is 2.48. The van der Waals surface area contributed by atoms with E-state index in [1.54, 1.807) is 0 Å². The lowest BCUT2D eigenvalue weighted by Crippen LogP contribution is -2.38. The average molecular weight is 397 g/mol. The lowest BCUT2D eigenvalue weighted by Gasteiger charge is -2.30. The van der Waals surface area contributed by atoms with Gasteiger partial charge in [0.15, 0.2) is 0 Å². The normalized spacial score (nSPS) is 16.4. The van der Waals surface area contributed by atoms with Crippen LogP contribution in [0.25, 0.3) is 0 Å². The number of hydrogen-bond acceptors (Lipinski definition) is 3. The fraction of sp³-hybridized carbons (Fsp3) is 0.500. The topological polar surface area (TPSA) is 56.1 Å². The molecular weight excluding hydrogens is 377 g/mol. The Balaban J connectivity index is 1.86. The standard InChI is InChI=1S/C16H20IN3O/c1-12-11-14(17)3-4-15(12)19-16(21)13-5-9-20(10-6-13)8-2-7-18/h3-4,11,13H,2,5-6,8-10H2,1H3,(H,19,21). The maximum atomic E-state index is 12.3. The third-order valence-electron chi connectivity index (χ3n) is 3.94. The minimum Gasteiger partial charge on any atom is -0.326 e.